The van der Waals surface area contributed by atoms with E-state index in [1.54, 1.807) is 12.1 Å². The molecule has 0 bridgehead atoms. The van der Waals surface area contributed by atoms with Gasteiger partial charge in [0.05, 0.1) is 10.9 Å². The predicted molar refractivity (Wildman–Crippen MR) is 78.1 cm³/mol. The van der Waals surface area contributed by atoms with Crippen molar-refractivity contribution in [3.63, 3.8) is 0 Å². The highest BCUT2D eigenvalue weighted by atomic mass is 35.5. The van der Waals surface area contributed by atoms with Crippen molar-refractivity contribution >= 4 is 27.8 Å². The van der Waals surface area contributed by atoms with Gasteiger partial charge in [0, 0.05) is 11.6 Å². The fourth-order valence-corrected chi connectivity index (χ4v) is 2.23. The Balaban J connectivity index is 2.36. The lowest BCUT2D eigenvalue weighted by Crippen LogP contribution is -2.03. The molecule has 0 aliphatic rings. The van der Waals surface area contributed by atoms with E-state index in [4.69, 9.17) is 16.0 Å². The largest absolute Gasteiger partial charge is 0.455 e. The standard InChI is InChI=1S/C16H9ClO3/c17-16(19)12-8-4-7-11-13(18)9-14(20-15(11)12)10-5-2-1-3-6-10/h1-9H. The lowest BCUT2D eigenvalue weighted by Gasteiger charge is -2.05. The summed E-state index contributed by atoms with van der Waals surface area (Å²) in [5.74, 6) is 0.411. The summed E-state index contributed by atoms with van der Waals surface area (Å²) in [5.41, 5.74) is 0.978. The Kier molecular flexibility index (Phi) is 3.12. The first kappa shape index (κ1) is 12.6. The minimum Gasteiger partial charge on any atom is -0.455 e. The molecule has 0 fully saturated rings. The Morgan fingerprint density at radius 1 is 1.00 bits per heavy atom. The highest BCUT2D eigenvalue weighted by Crippen LogP contribution is 2.24. The molecule has 0 unspecified atom stereocenters. The number of fused-ring (bicyclic) bond motifs is 1. The zero-order chi connectivity index (χ0) is 14.1. The van der Waals surface area contributed by atoms with Crippen molar-refractivity contribution < 1.29 is 9.21 Å². The molecule has 20 heavy (non-hydrogen) atoms. The molecule has 0 spiro atoms. The number of carbonyl (C=O) groups excluding carboxylic acids is 1. The molecule has 3 aromatic rings. The topological polar surface area (TPSA) is 47.3 Å². The first-order chi connectivity index (χ1) is 9.66. The lowest BCUT2D eigenvalue weighted by atomic mass is 10.1. The Morgan fingerprint density at radius 2 is 1.75 bits per heavy atom. The van der Waals surface area contributed by atoms with Gasteiger partial charge < -0.3 is 4.42 Å². The molecule has 2 aromatic carbocycles. The minimum atomic E-state index is -0.649. The first-order valence-corrected chi connectivity index (χ1v) is 6.37. The van der Waals surface area contributed by atoms with Crippen molar-refractivity contribution in [2.45, 2.75) is 0 Å². The maximum Gasteiger partial charge on any atom is 0.256 e. The van der Waals surface area contributed by atoms with Gasteiger partial charge in [-0.05, 0) is 23.7 Å². The van der Waals surface area contributed by atoms with Crippen molar-refractivity contribution in [1.82, 2.24) is 0 Å². The molecule has 98 valence electrons. The number of rotatable bonds is 2. The van der Waals surface area contributed by atoms with Crippen LogP contribution >= 0.6 is 11.6 Å². The third-order valence-electron chi connectivity index (χ3n) is 3.02. The van der Waals surface area contributed by atoms with Crippen LogP contribution < -0.4 is 5.43 Å². The number of para-hydroxylation sites is 1. The SMILES string of the molecule is O=C(Cl)c1cccc2c(=O)cc(-c3ccccc3)oc12. The summed E-state index contributed by atoms with van der Waals surface area (Å²) in [6.07, 6.45) is 0. The van der Waals surface area contributed by atoms with Gasteiger partial charge in [0.25, 0.3) is 5.24 Å². The van der Waals surface area contributed by atoms with Gasteiger partial charge in [-0.3, -0.25) is 9.59 Å². The maximum atomic E-state index is 12.1. The van der Waals surface area contributed by atoms with E-state index in [0.29, 0.717) is 11.1 Å². The van der Waals surface area contributed by atoms with E-state index < -0.39 is 5.24 Å². The molecular formula is C16H9ClO3. The summed E-state index contributed by atoms with van der Waals surface area (Å²) in [4.78, 5) is 23.6. The number of hydrogen-bond donors (Lipinski definition) is 0. The van der Waals surface area contributed by atoms with E-state index in [1.165, 1.54) is 12.1 Å². The van der Waals surface area contributed by atoms with Crippen LogP contribution in [-0.2, 0) is 0 Å². The second kappa shape index (κ2) is 4.94. The quantitative estimate of drug-likeness (QED) is 0.672. The Labute approximate surface area is 119 Å². The first-order valence-electron chi connectivity index (χ1n) is 5.99. The van der Waals surface area contributed by atoms with E-state index in [1.807, 2.05) is 30.3 Å². The third-order valence-corrected chi connectivity index (χ3v) is 3.23. The molecule has 0 N–H and O–H groups in total. The van der Waals surface area contributed by atoms with Gasteiger partial charge in [-0.25, -0.2) is 0 Å². The molecule has 0 atom stereocenters. The van der Waals surface area contributed by atoms with Gasteiger partial charge in [0.1, 0.15) is 5.76 Å². The van der Waals surface area contributed by atoms with Crippen LogP contribution in [-0.4, -0.2) is 5.24 Å². The average Bonchev–Trinajstić information content (AvgIpc) is 2.47. The van der Waals surface area contributed by atoms with E-state index in [-0.39, 0.29) is 16.6 Å². The predicted octanol–water partition coefficient (Wildman–Crippen LogP) is 3.84. The van der Waals surface area contributed by atoms with Crippen LogP contribution in [0.5, 0.6) is 0 Å². The fraction of sp³-hybridized carbons (Fsp3) is 0. The van der Waals surface area contributed by atoms with Crippen LogP contribution in [0.25, 0.3) is 22.3 Å². The summed E-state index contributed by atoms with van der Waals surface area (Å²) in [6, 6.07) is 15.4. The molecule has 0 saturated heterocycles. The summed E-state index contributed by atoms with van der Waals surface area (Å²) < 4.78 is 5.72. The van der Waals surface area contributed by atoms with Crippen LogP contribution in [0.15, 0.2) is 63.8 Å². The molecule has 1 heterocycles. The van der Waals surface area contributed by atoms with Gasteiger partial charge in [0.2, 0.25) is 0 Å². The molecule has 1 aromatic heterocycles. The molecule has 0 radical (unpaired) electrons. The molecule has 0 amide bonds. The molecule has 3 nitrogen and oxygen atoms in total. The molecular weight excluding hydrogens is 276 g/mol. The number of benzene rings is 2. The van der Waals surface area contributed by atoms with E-state index in [2.05, 4.69) is 0 Å². The summed E-state index contributed by atoms with van der Waals surface area (Å²) in [5, 5.41) is -0.305. The maximum absolute atomic E-state index is 12.1. The van der Waals surface area contributed by atoms with Gasteiger partial charge >= 0.3 is 0 Å². The summed E-state index contributed by atoms with van der Waals surface area (Å²) in [6.45, 7) is 0. The van der Waals surface area contributed by atoms with Gasteiger partial charge in [0.15, 0.2) is 11.0 Å². The van der Waals surface area contributed by atoms with Crippen molar-refractivity contribution in [3.05, 3.63) is 70.4 Å². The smallest absolute Gasteiger partial charge is 0.256 e. The van der Waals surface area contributed by atoms with Crippen molar-refractivity contribution in [2.75, 3.05) is 0 Å². The highest BCUT2D eigenvalue weighted by molar-refractivity contribution is 6.68. The zero-order valence-electron chi connectivity index (χ0n) is 10.3. The van der Waals surface area contributed by atoms with E-state index in [9.17, 15) is 9.59 Å². The van der Waals surface area contributed by atoms with Crippen LogP contribution in [0.3, 0.4) is 0 Å². The Hall–Kier alpha value is -2.39. The monoisotopic (exact) mass is 284 g/mol. The zero-order valence-corrected chi connectivity index (χ0v) is 11.1. The van der Waals surface area contributed by atoms with E-state index in [0.717, 1.165) is 5.56 Å². The second-order valence-electron chi connectivity index (χ2n) is 4.30. The lowest BCUT2D eigenvalue weighted by molar-refractivity contribution is 0.108. The summed E-state index contributed by atoms with van der Waals surface area (Å²) >= 11 is 5.53. The normalized spacial score (nSPS) is 10.7. The highest BCUT2D eigenvalue weighted by Gasteiger charge is 2.13. The van der Waals surface area contributed by atoms with Crippen LogP contribution in [0.1, 0.15) is 10.4 Å². The fourth-order valence-electron chi connectivity index (χ4n) is 2.08. The Bertz CT molecular complexity index is 850. The number of hydrogen-bond acceptors (Lipinski definition) is 3. The number of carbonyl (C=O) groups is 1. The second-order valence-corrected chi connectivity index (χ2v) is 4.64. The van der Waals surface area contributed by atoms with Crippen molar-refractivity contribution in [3.8, 4) is 11.3 Å². The van der Waals surface area contributed by atoms with Crippen LogP contribution in [0.2, 0.25) is 0 Å². The molecule has 0 aliphatic carbocycles. The molecule has 3 rings (SSSR count). The third kappa shape index (κ3) is 2.12. The number of halogens is 1. The minimum absolute atomic E-state index is 0.194. The van der Waals surface area contributed by atoms with E-state index >= 15 is 0 Å². The molecule has 0 saturated carbocycles. The van der Waals surface area contributed by atoms with Gasteiger partial charge in [-0.1, -0.05) is 36.4 Å². The van der Waals surface area contributed by atoms with Crippen LogP contribution in [0, 0.1) is 0 Å². The van der Waals surface area contributed by atoms with Crippen molar-refractivity contribution in [1.29, 1.82) is 0 Å². The Morgan fingerprint density at radius 3 is 2.45 bits per heavy atom. The van der Waals surface area contributed by atoms with Crippen molar-refractivity contribution in [2.24, 2.45) is 0 Å². The molecule has 4 heteroatoms. The molecule has 0 aliphatic heterocycles. The van der Waals surface area contributed by atoms with Crippen LogP contribution in [0.4, 0.5) is 0 Å². The van der Waals surface area contributed by atoms with Gasteiger partial charge in [-0.2, -0.15) is 0 Å². The average molecular weight is 285 g/mol. The summed E-state index contributed by atoms with van der Waals surface area (Å²) in [7, 11) is 0. The van der Waals surface area contributed by atoms with Gasteiger partial charge in [-0.15, -0.1) is 0 Å².